The lowest BCUT2D eigenvalue weighted by molar-refractivity contribution is -0.121. The lowest BCUT2D eigenvalue weighted by atomic mass is 9.95. The van der Waals surface area contributed by atoms with Crippen molar-refractivity contribution in [1.29, 1.82) is 0 Å². The number of nitrogens with one attached hydrogen (secondary N) is 1. The molecule has 2 amide bonds. The van der Waals surface area contributed by atoms with Crippen molar-refractivity contribution in [1.82, 2.24) is 4.90 Å². The first-order chi connectivity index (χ1) is 15.2. The van der Waals surface area contributed by atoms with Gasteiger partial charge in [0.15, 0.2) is 23.0 Å². The average molecular weight is 424 g/mol. The zero-order valence-corrected chi connectivity index (χ0v) is 17.1. The fourth-order valence-corrected chi connectivity index (χ4v) is 4.04. The molecular formula is C23H24N2O6. The molecule has 2 aromatic rings. The molecule has 162 valence electrons. The Morgan fingerprint density at radius 3 is 2.35 bits per heavy atom. The summed E-state index contributed by atoms with van der Waals surface area (Å²) in [6, 6.07) is 10.7. The van der Waals surface area contributed by atoms with Gasteiger partial charge in [-0.2, -0.15) is 0 Å². The van der Waals surface area contributed by atoms with Crippen molar-refractivity contribution >= 4 is 17.5 Å². The molecular weight excluding hydrogens is 400 g/mol. The Morgan fingerprint density at radius 1 is 0.839 bits per heavy atom. The van der Waals surface area contributed by atoms with E-state index in [0.29, 0.717) is 73.4 Å². The first-order valence-electron chi connectivity index (χ1n) is 10.6. The van der Waals surface area contributed by atoms with Gasteiger partial charge in [0.1, 0.15) is 0 Å². The maximum atomic E-state index is 13.0. The fraction of sp³-hybridized carbons (Fsp3) is 0.391. The molecule has 8 nitrogen and oxygen atoms in total. The molecule has 1 fully saturated rings. The van der Waals surface area contributed by atoms with Crippen LogP contribution in [0.4, 0.5) is 5.69 Å². The summed E-state index contributed by atoms with van der Waals surface area (Å²) in [4.78, 5) is 27.4. The highest BCUT2D eigenvalue weighted by Crippen LogP contribution is 2.35. The number of nitrogens with zero attached hydrogens (tertiary/aromatic N) is 1. The van der Waals surface area contributed by atoms with Crippen LogP contribution in [0.3, 0.4) is 0 Å². The molecule has 5 rings (SSSR count). The molecule has 0 atom stereocenters. The molecule has 8 heteroatoms. The van der Waals surface area contributed by atoms with Gasteiger partial charge in [0.05, 0.1) is 13.2 Å². The topological polar surface area (TPSA) is 86.3 Å². The summed E-state index contributed by atoms with van der Waals surface area (Å²) >= 11 is 0. The Morgan fingerprint density at radius 2 is 1.52 bits per heavy atom. The lowest BCUT2D eigenvalue weighted by Crippen LogP contribution is -2.41. The van der Waals surface area contributed by atoms with Crippen molar-refractivity contribution in [3.05, 3.63) is 42.0 Å². The van der Waals surface area contributed by atoms with E-state index >= 15 is 0 Å². The molecule has 31 heavy (non-hydrogen) atoms. The number of hydrogen-bond acceptors (Lipinski definition) is 6. The number of carbonyl (C=O) groups excluding carboxylic acids is 2. The molecule has 1 saturated heterocycles. The SMILES string of the molecule is O=C(Nc1ccc2c(c1)OCO2)C1CCN(C(=O)c2ccc3c(c2)OCCCO3)CC1. The number of carbonyl (C=O) groups is 2. The lowest BCUT2D eigenvalue weighted by Gasteiger charge is -2.31. The zero-order chi connectivity index (χ0) is 21.2. The van der Waals surface area contributed by atoms with Crippen molar-refractivity contribution in [3.63, 3.8) is 0 Å². The quantitative estimate of drug-likeness (QED) is 0.815. The van der Waals surface area contributed by atoms with Crippen LogP contribution in [0.25, 0.3) is 0 Å². The van der Waals surface area contributed by atoms with Gasteiger partial charge in [0.25, 0.3) is 5.91 Å². The fourth-order valence-electron chi connectivity index (χ4n) is 4.04. The van der Waals surface area contributed by atoms with E-state index < -0.39 is 0 Å². The summed E-state index contributed by atoms with van der Waals surface area (Å²) in [5.41, 5.74) is 1.26. The molecule has 0 saturated carbocycles. The van der Waals surface area contributed by atoms with E-state index in [1.807, 2.05) is 0 Å². The maximum Gasteiger partial charge on any atom is 0.253 e. The van der Waals surface area contributed by atoms with E-state index in [9.17, 15) is 9.59 Å². The maximum absolute atomic E-state index is 13.0. The number of ether oxygens (including phenoxy) is 4. The van der Waals surface area contributed by atoms with Gasteiger partial charge in [-0.15, -0.1) is 0 Å². The summed E-state index contributed by atoms with van der Waals surface area (Å²) in [5, 5.41) is 2.95. The second kappa shape index (κ2) is 8.37. The van der Waals surface area contributed by atoms with E-state index in [2.05, 4.69) is 5.32 Å². The van der Waals surface area contributed by atoms with Crippen LogP contribution in [0.1, 0.15) is 29.6 Å². The largest absolute Gasteiger partial charge is 0.490 e. The number of hydrogen-bond donors (Lipinski definition) is 1. The van der Waals surface area contributed by atoms with Gasteiger partial charge in [-0.05, 0) is 43.2 Å². The number of benzene rings is 2. The van der Waals surface area contributed by atoms with E-state index in [1.165, 1.54) is 0 Å². The highest BCUT2D eigenvalue weighted by molar-refractivity contribution is 5.96. The van der Waals surface area contributed by atoms with Gasteiger partial charge >= 0.3 is 0 Å². The summed E-state index contributed by atoms with van der Waals surface area (Å²) < 4.78 is 22.0. The molecule has 2 aromatic carbocycles. The van der Waals surface area contributed by atoms with Crippen LogP contribution >= 0.6 is 0 Å². The van der Waals surface area contributed by atoms with Crippen molar-refractivity contribution in [2.24, 2.45) is 5.92 Å². The molecule has 0 aromatic heterocycles. The van der Waals surface area contributed by atoms with Gasteiger partial charge in [0, 0.05) is 42.7 Å². The van der Waals surface area contributed by atoms with Crippen LogP contribution < -0.4 is 24.3 Å². The minimum absolute atomic E-state index is 0.0402. The smallest absolute Gasteiger partial charge is 0.253 e. The average Bonchev–Trinajstić information content (AvgIpc) is 3.14. The monoisotopic (exact) mass is 424 g/mol. The third kappa shape index (κ3) is 4.10. The summed E-state index contributed by atoms with van der Waals surface area (Å²) in [7, 11) is 0. The van der Waals surface area contributed by atoms with Gasteiger partial charge in [0.2, 0.25) is 12.7 Å². The molecule has 3 heterocycles. The van der Waals surface area contributed by atoms with Crippen LogP contribution in [0.5, 0.6) is 23.0 Å². The second-order valence-electron chi connectivity index (χ2n) is 7.84. The number of anilines is 1. The first kappa shape index (κ1) is 19.5. The van der Waals surface area contributed by atoms with Crippen molar-refractivity contribution in [2.45, 2.75) is 19.3 Å². The number of amides is 2. The normalized spacial score (nSPS) is 17.7. The first-order valence-corrected chi connectivity index (χ1v) is 10.6. The van der Waals surface area contributed by atoms with Crippen molar-refractivity contribution in [3.8, 4) is 23.0 Å². The molecule has 3 aliphatic heterocycles. The second-order valence-corrected chi connectivity index (χ2v) is 7.84. The molecule has 1 N–H and O–H groups in total. The molecule has 3 aliphatic rings. The van der Waals surface area contributed by atoms with Crippen LogP contribution in [0, 0.1) is 5.92 Å². The third-order valence-electron chi connectivity index (χ3n) is 5.79. The standard InChI is InChI=1S/C23H24N2O6/c26-22(24-17-3-5-19-21(13-17)31-14-30-19)15-6-8-25(9-7-15)23(27)16-2-4-18-20(12-16)29-11-1-10-28-18/h2-5,12-13,15H,1,6-11,14H2,(H,24,26). The Kier molecular flexibility index (Phi) is 5.28. The predicted octanol–water partition coefficient (Wildman–Crippen LogP) is 3.07. The van der Waals surface area contributed by atoms with Gasteiger partial charge < -0.3 is 29.2 Å². The van der Waals surface area contributed by atoms with Crippen molar-refractivity contribution in [2.75, 3.05) is 38.4 Å². The molecule has 0 radical (unpaired) electrons. The van der Waals surface area contributed by atoms with Crippen LogP contribution in [-0.4, -0.2) is 49.8 Å². The zero-order valence-electron chi connectivity index (χ0n) is 17.1. The molecule has 0 bridgehead atoms. The van der Waals surface area contributed by atoms with Gasteiger partial charge in [-0.25, -0.2) is 0 Å². The van der Waals surface area contributed by atoms with Crippen LogP contribution in [-0.2, 0) is 4.79 Å². The Labute approximate surface area is 180 Å². The number of fused-ring (bicyclic) bond motifs is 2. The number of likely N-dealkylation sites (tertiary alicyclic amines) is 1. The van der Waals surface area contributed by atoms with Crippen LogP contribution in [0.2, 0.25) is 0 Å². The molecule has 0 aliphatic carbocycles. The van der Waals surface area contributed by atoms with E-state index in [0.717, 1.165) is 6.42 Å². The predicted molar refractivity (Wildman–Crippen MR) is 112 cm³/mol. The Balaban J connectivity index is 1.18. The summed E-state index contributed by atoms with van der Waals surface area (Å²) in [6.45, 7) is 2.46. The molecule has 0 spiro atoms. The van der Waals surface area contributed by atoms with Crippen molar-refractivity contribution < 1.29 is 28.5 Å². The van der Waals surface area contributed by atoms with Gasteiger partial charge in [-0.1, -0.05) is 0 Å². The van der Waals surface area contributed by atoms with Gasteiger partial charge in [-0.3, -0.25) is 9.59 Å². The minimum atomic E-state index is -0.141. The third-order valence-corrected chi connectivity index (χ3v) is 5.79. The van der Waals surface area contributed by atoms with E-state index in [4.69, 9.17) is 18.9 Å². The Bertz CT molecular complexity index is 1000. The molecule has 0 unspecified atom stereocenters. The number of rotatable bonds is 3. The Hall–Kier alpha value is -3.42. The van der Waals surface area contributed by atoms with E-state index in [1.54, 1.807) is 41.3 Å². The summed E-state index contributed by atoms with van der Waals surface area (Å²) in [5.74, 6) is 2.37. The highest BCUT2D eigenvalue weighted by Gasteiger charge is 2.29. The summed E-state index contributed by atoms with van der Waals surface area (Å²) in [6.07, 6.45) is 2.05. The van der Waals surface area contributed by atoms with E-state index in [-0.39, 0.29) is 24.5 Å². The van der Waals surface area contributed by atoms with Crippen LogP contribution in [0.15, 0.2) is 36.4 Å². The highest BCUT2D eigenvalue weighted by atomic mass is 16.7. The number of piperidine rings is 1. The minimum Gasteiger partial charge on any atom is -0.490 e.